The van der Waals surface area contributed by atoms with Gasteiger partial charge in [0.1, 0.15) is 0 Å². The second-order valence-corrected chi connectivity index (χ2v) is 8.13. The van der Waals surface area contributed by atoms with E-state index in [0.717, 1.165) is 24.0 Å². The van der Waals surface area contributed by atoms with E-state index in [1.165, 1.54) is 25.7 Å². The highest BCUT2D eigenvalue weighted by Crippen LogP contribution is 2.38. The lowest BCUT2D eigenvalue weighted by Crippen LogP contribution is -2.56. The third-order valence-electron chi connectivity index (χ3n) is 6.01. The molecule has 0 aromatic heterocycles. The number of methoxy groups -OCH3 is 3. The summed E-state index contributed by atoms with van der Waals surface area (Å²) in [4.78, 5) is 6.78. The average molecular weight is 534 g/mol. The fourth-order valence-electron chi connectivity index (χ4n) is 4.25. The molecule has 2 atom stereocenters. The number of benzene rings is 1. The van der Waals surface area contributed by atoms with Crippen molar-refractivity contribution >= 4 is 29.9 Å². The summed E-state index contributed by atoms with van der Waals surface area (Å²) < 4.78 is 16.3. The summed E-state index contributed by atoms with van der Waals surface area (Å²) in [7, 11) is 11.0. The Kier molecular flexibility index (Phi) is 11.0. The number of nitrogens with zero attached hydrogens (tertiary/aromatic N) is 2. The van der Waals surface area contributed by atoms with Crippen molar-refractivity contribution in [3.63, 3.8) is 0 Å². The Morgan fingerprint density at radius 3 is 2.23 bits per heavy atom. The molecular formula is C22H39IN4O3. The van der Waals surface area contributed by atoms with Gasteiger partial charge in [0, 0.05) is 25.7 Å². The molecule has 2 unspecified atom stereocenters. The maximum atomic E-state index is 5.44. The minimum Gasteiger partial charge on any atom is -0.493 e. The van der Waals surface area contributed by atoms with Crippen LogP contribution in [0.15, 0.2) is 17.1 Å². The molecule has 8 heteroatoms. The van der Waals surface area contributed by atoms with Crippen LogP contribution in [0.1, 0.15) is 38.2 Å². The monoisotopic (exact) mass is 534 g/mol. The molecule has 1 aromatic carbocycles. The third kappa shape index (κ3) is 6.54. The van der Waals surface area contributed by atoms with Gasteiger partial charge in [0.25, 0.3) is 0 Å². The van der Waals surface area contributed by atoms with E-state index < -0.39 is 0 Å². The Morgan fingerprint density at radius 2 is 1.77 bits per heavy atom. The lowest BCUT2D eigenvalue weighted by molar-refractivity contribution is 0.0795. The molecule has 1 aliphatic rings. The van der Waals surface area contributed by atoms with Gasteiger partial charge in [0.2, 0.25) is 5.75 Å². The largest absolute Gasteiger partial charge is 0.493 e. The summed E-state index contributed by atoms with van der Waals surface area (Å²) in [5, 5.41) is 6.94. The van der Waals surface area contributed by atoms with Crippen molar-refractivity contribution in [3.8, 4) is 17.2 Å². The summed E-state index contributed by atoms with van der Waals surface area (Å²) in [5.41, 5.74) is 1.19. The molecule has 2 rings (SSSR count). The van der Waals surface area contributed by atoms with E-state index in [9.17, 15) is 0 Å². The van der Waals surface area contributed by atoms with Crippen molar-refractivity contribution in [1.82, 2.24) is 15.5 Å². The number of aliphatic imine (C=N–C) groups is 1. The maximum absolute atomic E-state index is 5.44. The van der Waals surface area contributed by atoms with E-state index in [-0.39, 0.29) is 29.5 Å². The SMILES string of the molecule is CN=C(NCc1cc(OC)c(OC)c(OC)c1)NCC1(N(C)C)CCCC(C)C1.I. The fourth-order valence-corrected chi connectivity index (χ4v) is 4.25. The van der Waals surface area contributed by atoms with Crippen LogP contribution in [-0.4, -0.2) is 65.4 Å². The lowest BCUT2D eigenvalue weighted by atomic mass is 9.75. The maximum Gasteiger partial charge on any atom is 0.203 e. The molecule has 7 nitrogen and oxygen atoms in total. The van der Waals surface area contributed by atoms with Crippen molar-refractivity contribution in [2.45, 2.75) is 44.7 Å². The molecule has 1 fully saturated rings. The Balaban J connectivity index is 0.00000450. The Morgan fingerprint density at radius 1 is 1.13 bits per heavy atom. The van der Waals surface area contributed by atoms with Gasteiger partial charge in [-0.05, 0) is 50.6 Å². The summed E-state index contributed by atoms with van der Waals surface area (Å²) >= 11 is 0. The molecule has 0 heterocycles. The molecule has 0 radical (unpaired) electrons. The van der Waals surface area contributed by atoms with Crippen molar-refractivity contribution in [3.05, 3.63) is 17.7 Å². The first kappa shape index (κ1) is 26.6. The number of halogens is 1. The van der Waals surface area contributed by atoms with Crippen LogP contribution in [0.3, 0.4) is 0 Å². The van der Waals surface area contributed by atoms with E-state index in [1.807, 2.05) is 12.1 Å². The first-order valence-electron chi connectivity index (χ1n) is 10.3. The number of ether oxygens (including phenoxy) is 3. The van der Waals surface area contributed by atoms with E-state index in [1.54, 1.807) is 28.4 Å². The van der Waals surface area contributed by atoms with Gasteiger partial charge in [-0.1, -0.05) is 19.8 Å². The van der Waals surface area contributed by atoms with Gasteiger partial charge in [-0.3, -0.25) is 4.99 Å². The van der Waals surface area contributed by atoms with Crippen LogP contribution in [0.25, 0.3) is 0 Å². The molecule has 1 aliphatic carbocycles. The number of nitrogens with one attached hydrogen (secondary N) is 2. The van der Waals surface area contributed by atoms with Gasteiger partial charge in [0.15, 0.2) is 17.5 Å². The Labute approximate surface area is 199 Å². The minimum atomic E-state index is 0. The van der Waals surface area contributed by atoms with E-state index >= 15 is 0 Å². The van der Waals surface area contributed by atoms with Crippen LogP contribution < -0.4 is 24.8 Å². The Hall–Kier alpha value is -1.42. The zero-order valence-corrected chi connectivity index (χ0v) is 21.8. The van der Waals surface area contributed by atoms with Crippen LogP contribution in [0.5, 0.6) is 17.2 Å². The van der Waals surface area contributed by atoms with Crippen molar-refractivity contribution in [2.24, 2.45) is 10.9 Å². The molecule has 0 bridgehead atoms. The first-order valence-corrected chi connectivity index (χ1v) is 10.3. The number of guanidine groups is 1. The summed E-state index contributed by atoms with van der Waals surface area (Å²) in [6.45, 7) is 3.83. The van der Waals surface area contributed by atoms with Crippen molar-refractivity contribution in [1.29, 1.82) is 0 Å². The second kappa shape index (κ2) is 12.4. The number of hydrogen-bond acceptors (Lipinski definition) is 5. The molecule has 0 aliphatic heterocycles. The normalized spacial score (nSPS) is 21.6. The zero-order chi connectivity index (χ0) is 21.4. The van der Waals surface area contributed by atoms with Crippen molar-refractivity contribution in [2.75, 3.05) is 49.0 Å². The van der Waals surface area contributed by atoms with E-state index in [0.29, 0.717) is 23.8 Å². The van der Waals surface area contributed by atoms with E-state index in [2.05, 4.69) is 41.5 Å². The summed E-state index contributed by atoms with van der Waals surface area (Å²) in [5.74, 6) is 3.43. The number of likely N-dealkylation sites (N-methyl/N-ethyl adjacent to an activating group) is 1. The second-order valence-electron chi connectivity index (χ2n) is 8.13. The van der Waals surface area contributed by atoms with Gasteiger partial charge in [-0.15, -0.1) is 24.0 Å². The number of hydrogen-bond donors (Lipinski definition) is 2. The highest BCUT2D eigenvalue weighted by molar-refractivity contribution is 14.0. The number of rotatable bonds is 8. The zero-order valence-electron chi connectivity index (χ0n) is 19.5. The average Bonchev–Trinajstić information content (AvgIpc) is 2.72. The first-order chi connectivity index (χ1) is 13.9. The minimum absolute atomic E-state index is 0. The van der Waals surface area contributed by atoms with Gasteiger partial charge in [-0.25, -0.2) is 0 Å². The van der Waals surface area contributed by atoms with Gasteiger partial charge >= 0.3 is 0 Å². The smallest absolute Gasteiger partial charge is 0.203 e. The molecule has 172 valence electrons. The standard InChI is InChI=1S/C22H38N4O3.HI/c1-16-9-8-10-22(13-16,26(3)4)15-25-21(23-2)24-14-17-11-18(27-5)20(29-7)19(12-17)28-6;/h11-12,16H,8-10,13-15H2,1-7H3,(H2,23,24,25);1H. The molecular weight excluding hydrogens is 495 g/mol. The van der Waals surface area contributed by atoms with Gasteiger partial charge in [0.05, 0.1) is 21.3 Å². The summed E-state index contributed by atoms with van der Waals surface area (Å²) in [6, 6.07) is 3.90. The highest BCUT2D eigenvalue weighted by Gasteiger charge is 2.36. The predicted molar refractivity (Wildman–Crippen MR) is 134 cm³/mol. The molecule has 0 amide bonds. The lowest BCUT2D eigenvalue weighted by Gasteiger charge is -2.45. The Bertz CT molecular complexity index is 674. The van der Waals surface area contributed by atoms with Crippen LogP contribution in [-0.2, 0) is 6.54 Å². The van der Waals surface area contributed by atoms with Crippen LogP contribution in [0.4, 0.5) is 0 Å². The van der Waals surface area contributed by atoms with Crippen molar-refractivity contribution < 1.29 is 14.2 Å². The molecule has 0 saturated heterocycles. The van der Waals surface area contributed by atoms with Crippen LogP contribution in [0, 0.1) is 5.92 Å². The molecule has 1 saturated carbocycles. The molecule has 30 heavy (non-hydrogen) atoms. The van der Waals surface area contributed by atoms with Gasteiger partial charge < -0.3 is 29.7 Å². The van der Waals surface area contributed by atoms with Gasteiger partial charge in [-0.2, -0.15) is 0 Å². The topological polar surface area (TPSA) is 67.4 Å². The quantitative estimate of drug-likeness (QED) is 0.303. The highest BCUT2D eigenvalue weighted by atomic mass is 127. The molecule has 1 aromatic rings. The molecule has 0 spiro atoms. The molecule has 2 N–H and O–H groups in total. The van der Waals surface area contributed by atoms with Crippen LogP contribution in [0.2, 0.25) is 0 Å². The third-order valence-corrected chi connectivity index (χ3v) is 6.01. The fraction of sp³-hybridized carbons (Fsp3) is 0.682. The van der Waals surface area contributed by atoms with E-state index in [4.69, 9.17) is 14.2 Å². The predicted octanol–water partition coefficient (Wildman–Crippen LogP) is 3.51. The van der Waals surface area contributed by atoms with Crippen LogP contribution >= 0.6 is 24.0 Å². The summed E-state index contributed by atoms with van der Waals surface area (Å²) in [6.07, 6.45) is 5.01.